The minimum absolute atomic E-state index is 0. The molecule has 2 heterocycles. The molecule has 0 bridgehead atoms. The number of halogens is 7. The van der Waals surface area contributed by atoms with Crippen molar-refractivity contribution in [3.63, 3.8) is 0 Å². The van der Waals surface area contributed by atoms with Crippen LogP contribution in [0.5, 0.6) is 0 Å². The molecule has 50 heavy (non-hydrogen) atoms. The zero-order chi connectivity index (χ0) is 34.4. The summed E-state index contributed by atoms with van der Waals surface area (Å²) < 4.78 is 67.5. The minimum Gasteiger partial charge on any atom is -0.379 e. The Bertz CT molecular complexity index is 1690. The predicted octanol–water partition coefficient (Wildman–Crippen LogP) is 8.23. The average molecular weight is 1030 g/mol. The molecule has 2 aliphatic rings. The molecule has 0 amide bonds. The van der Waals surface area contributed by atoms with Gasteiger partial charge < -0.3 is 24.7 Å². The third kappa shape index (κ3) is 10.8. The van der Waals surface area contributed by atoms with E-state index in [1.807, 2.05) is 47.4 Å². The van der Waals surface area contributed by atoms with Gasteiger partial charge in [-0.05, 0) is 78.9 Å². The fraction of sp³-hybridized carbons (Fsp3) is 0.286. The number of alkyl halides is 3. The van der Waals surface area contributed by atoms with Gasteiger partial charge in [0, 0.05) is 129 Å². The van der Waals surface area contributed by atoms with E-state index < -0.39 is 29.5 Å². The molecule has 4 aromatic rings. The van der Waals surface area contributed by atoms with Crippen LogP contribution in [-0.2, 0) is 39.6 Å². The maximum atomic E-state index is 14.1. The third-order valence-corrected chi connectivity index (χ3v) is 9.43. The van der Waals surface area contributed by atoms with Gasteiger partial charge >= 0.3 is 6.18 Å². The second-order valence-corrected chi connectivity index (χ2v) is 13.2. The molecular formula is C35H33Br2F5N4O2VW. The number of carbonyl (C=O) groups is 1. The number of rotatable bonds is 6. The van der Waals surface area contributed by atoms with Crippen LogP contribution in [0.15, 0.2) is 93.9 Å². The first-order chi connectivity index (χ1) is 22.9. The number of carbonyl (C=O) groups excluding carboxylic acids is 1. The molecule has 15 heteroatoms. The SMILES string of the molecule is O=Cc1ccc(N2CCN(c3ccc(Br)cc3)CC2)cc1F.OC(c1ccc(N2CCN(c3ccc(Br)cc3)CC2)cc1F)C(F)(F)F.[V].[W]. The number of aldehydes is 1. The smallest absolute Gasteiger partial charge is 0.379 e. The normalized spacial score (nSPS) is 15.3. The van der Waals surface area contributed by atoms with Gasteiger partial charge in [0.25, 0.3) is 0 Å². The first kappa shape index (κ1) is 42.0. The number of aliphatic hydroxyl groups is 1. The summed E-state index contributed by atoms with van der Waals surface area (Å²) in [4.78, 5) is 19.3. The Morgan fingerprint density at radius 2 is 0.940 bits per heavy atom. The molecule has 0 aliphatic carbocycles. The Hall–Kier alpha value is -2.41. The van der Waals surface area contributed by atoms with Crippen LogP contribution in [0.2, 0.25) is 0 Å². The standard InChI is InChI=1S/C18H17BrF4N2O.C17H16BrFN2O.V.W/c19-12-1-3-13(4-2-12)24-7-9-25(10-8-24)14-5-6-15(16(20)11-14)17(26)18(21,22)23;18-14-2-5-15(6-3-14)20-7-9-21(10-8-20)16-4-1-13(12-22)17(19)11-16;;/h1-6,11,17,26H,7-10H2;1-6,11-12H,7-10H2;;. The van der Waals surface area contributed by atoms with Gasteiger partial charge in [-0.15, -0.1) is 0 Å². The number of aliphatic hydroxyl groups excluding tert-OH is 1. The van der Waals surface area contributed by atoms with E-state index in [1.165, 1.54) is 17.8 Å². The van der Waals surface area contributed by atoms with Crippen molar-refractivity contribution in [2.24, 2.45) is 0 Å². The van der Waals surface area contributed by atoms with E-state index in [0.717, 1.165) is 71.7 Å². The minimum atomic E-state index is -4.89. The van der Waals surface area contributed by atoms with Crippen molar-refractivity contribution in [2.45, 2.75) is 12.3 Å². The summed E-state index contributed by atoms with van der Waals surface area (Å²) in [5.41, 5.74) is 2.98. The molecule has 0 aromatic heterocycles. The summed E-state index contributed by atoms with van der Waals surface area (Å²) in [5.74, 6) is -1.51. The summed E-state index contributed by atoms with van der Waals surface area (Å²) in [6, 6.07) is 24.5. The monoisotopic (exact) mass is 1030 g/mol. The summed E-state index contributed by atoms with van der Waals surface area (Å²) in [7, 11) is 0. The Kier molecular flexibility index (Phi) is 15.9. The molecule has 1 radical (unpaired) electrons. The van der Waals surface area contributed by atoms with Gasteiger partial charge in [-0.1, -0.05) is 37.9 Å². The maximum absolute atomic E-state index is 14.1. The molecule has 6 rings (SSSR count). The molecule has 1 atom stereocenters. The molecule has 2 saturated heterocycles. The average Bonchev–Trinajstić information content (AvgIpc) is 3.09. The van der Waals surface area contributed by atoms with Crippen LogP contribution >= 0.6 is 31.9 Å². The zero-order valence-electron chi connectivity index (χ0n) is 26.5. The van der Waals surface area contributed by atoms with E-state index in [9.17, 15) is 31.9 Å². The van der Waals surface area contributed by atoms with Gasteiger partial charge in [0.15, 0.2) is 12.4 Å². The Labute approximate surface area is 331 Å². The largest absolute Gasteiger partial charge is 0.418 e. The van der Waals surface area contributed by atoms with Crippen molar-refractivity contribution < 1.29 is 71.5 Å². The van der Waals surface area contributed by atoms with Crippen LogP contribution in [-0.4, -0.2) is 69.9 Å². The Balaban J connectivity index is 0.000000263. The molecule has 1 N–H and O–H groups in total. The van der Waals surface area contributed by atoms with Crippen LogP contribution in [0.25, 0.3) is 0 Å². The molecular weight excluding hydrogens is 998 g/mol. The fourth-order valence-corrected chi connectivity index (χ4v) is 6.20. The second kappa shape index (κ2) is 18.9. The van der Waals surface area contributed by atoms with Crippen molar-refractivity contribution in [1.82, 2.24) is 0 Å². The molecule has 0 spiro atoms. The number of nitrogens with zero attached hydrogens (tertiary/aromatic N) is 4. The van der Waals surface area contributed by atoms with Crippen molar-refractivity contribution in [2.75, 3.05) is 72.0 Å². The van der Waals surface area contributed by atoms with Crippen molar-refractivity contribution in [3.8, 4) is 0 Å². The predicted molar refractivity (Wildman–Crippen MR) is 186 cm³/mol. The quantitative estimate of drug-likeness (QED) is 0.155. The summed E-state index contributed by atoms with van der Waals surface area (Å²) in [5, 5.41) is 9.23. The number of anilines is 4. The van der Waals surface area contributed by atoms with Gasteiger partial charge in [0.1, 0.15) is 11.6 Å². The van der Waals surface area contributed by atoms with E-state index in [1.54, 1.807) is 6.07 Å². The van der Waals surface area contributed by atoms with Crippen LogP contribution in [0, 0.1) is 11.6 Å². The fourth-order valence-electron chi connectivity index (χ4n) is 5.67. The first-order valence-corrected chi connectivity index (χ1v) is 16.8. The molecule has 265 valence electrons. The summed E-state index contributed by atoms with van der Waals surface area (Å²) in [6.07, 6.45) is -7.16. The van der Waals surface area contributed by atoms with Crippen LogP contribution in [0.4, 0.5) is 44.7 Å². The number of hydrogen-bond donors (Lipinski definition) is 1. The van der Waals surface area contributed by atoms with Gasteiger partial charge in [0.2, 0.25) is 0 Å². The van der Waals surface area contributed by atoms with E-state index in [2.05, 4.69) is 58.7 Å². The van der Waals surface area contributed by atoms with Gasteiger partial charge in [-0.3, -0.25) is 4.79 Å². The number of hydrogen-bond acceptors (Lipinski definition) is 6. The topological polar surface area (TPSA) is 50.3 Å². The number of benzene rings is 4. The Morgan fingerprint density at radius 1 is 0.600 bits per heavy atom. The summed E-state index contributed by atoms with van der Waals surface area (Å²) in [6.45, 7) is 6.11. The Morgan fingerprint density at radius 3 is 1.28 bits per heavy atom. The van der Waals surface area contributed by atoms with Crippen molar-refractivity contribution >= 4 is 60.9 Å². The summed E-state index contributed by atoms with van der Waals surface area (Å²) >= 11 is 6.83. The maximum Gasteiger partial charge on any atom is 0.418 e. The van der Waals surface area contributed by atoms with Crippen LogP contribution in [0.1, 0.15) is 22.0 Å². The van der Waals surface area contributed by atoms with Gasteiger partial charge in [0.05, 0.1) is 5.56 Å². The molecule has 4 aromatic carbocycles. The second-order valence-electron chi connectivity index (χ2n) is 11.4. The van der Waals surface area contributed by atoms with Crippen molar-refractivity contribution in [1.29, 1.82) is 0 Å². The van der Waals surface area contributed by atoms with E-state index in [-0.39, 0.29) is 45.2 Å². The third-order valence-electron chi connectivity index (χ3n) is 8.37. The molecule has 2 fully saturated rings. The van der Waals surface area contributed by atoms with E-state index in [0.29, 0.717) is 25.1 Å². The molecule has 2 aliphatic heterocycles. The van der Waals surface area contributed by atoms with Crippen LogP contribution in [0.3, 0.4) is 0 Å². The van der Waals surface area contributed by atoms with Crippen LogP contribution < -0.4 is 19.6 Å². The van der Waals surface area contributed by atoms with E-state index in [4.69, 9.17) is 0 Å². The molecule has 1 unspecified atom stereocenters. The number of piperazine rings is 2. The molecule has 0 saturated carbocycles. The first-order valence-electron chi connectivity index (χ1n) is 15.2. The van der Waals surface area contributed by atoms with Crippen molar-refractivity contribution in [3.05, 3.63) is 117 Å². The van der Waals surface area contributed by atoms with Gasteiger partial charge in [-0.2, -0.15) is 13.2 Å². The molecule has 6 nitrogen and oxygen atoms in total. The zero-order valence-corrected chi connectivity index (χ0v) is 34.0. The van der Waals surface area contributed by atoms with E-state index >= 15 is 0 Å². The van der Waals surface area contributed by atoms with Gasteiger partial charge in [-0.25, -0.2) is 8.78 Å².